The van der Waals surface area contributed by atoms with Crippen LogP contribution in [0.5, 0.6) is 11.8 Å². The summed E-state index contributed by atoms with van der Waals surface area (Å²) in [4.78, 5) is 25.6. The molecule has 39 heavy (non-hydrogen) atoms. The van der Waals surface area contributed by atoms with Gasteiger partial charge >= 0.3 is 6.01 Å². The molecule has 0 aliphatic carbocycles. The number of phenols is 1. The molecular weight excluding hydrogens is 496 g/mol. The van der Waals surface area contributed by atoms with Crippen LogP contribution in [0.1, 0.15) is 25.1 Å². The zero-order valence-corrected chi connectivity index (χ0v) is 23.1. The summed E-state index contributed by atoms with van der Waals surface area (Å²) in [6.45, 7) is 11.9. The Balaban J connectivity index is 0.000000403. The number of fused-ring (bicyclic) bond motifs is 2. The van der Waals surface area contributed by atoms with Gasteiger partial charge in [0.25, 0.3) is 0 Å². The van der Waals surface area contributed by atoms with E-state index in [4.69, 9.17) is 15.6 Å². The number of benzene rings is 2. The third-order valence-corrected chi connectivity index (χ3v) is 6.68. The standard InChI is InChI=1S/C22H27N5O3.C7H13NO/c1-26(8-10-28)9-11-30-22-24-19-14-27(7-6-18(19)21(23)25-22)20-13-16(29)12-15-4-2-3-5-17(15)20;1-4-7(9)8(5-2)6-3/h2-5,12-13,28-29H,6-11,14H2,1H3,(H2,23,24,25);4H,1,5-6H2,2-3H3. The van der Waals surface area contributed by atoms with Gasteiger partial charge in [-0.05, 0) is 44.8 Å². The number of carbonyl (C=O) groups excluding carboxylic acids is 1. The summed E-state index contributed by atoms with van der Waals surface area (Å²) in [6.07, 6.45) is 2.07. The molecule has 4 rings (SSSR count). The number of nitrogen functional groups attached to an aromatic ring is 1. The number of likely N-dealkylation sites (N-methyl/N-ethyl adjacent to an activating group) is 2. The van der Waals surface area contributed by atoms with Crippen LogP contribution in [0.2, 0.25) is 0 Å². The second kappa shape index (κ2) is 14.3. The molecule has 0 saturated carbocycles. The molecule has 10 nitrogen and oxygen atoms in total. The average molecular weight is 537 g/mol. The highest BCUT2D eigenvalue weighted by molar-refractivity contribution is 5.95. The number of aliphatic hydroxyl groups is 1. The number of hydrogen-bond acceptors (Lipinski definition) is 9. The number of nitrogens with two attached hydrogens (primary N) is 1. The summed E-state index contributed by atoms with van der Waals surface area (Å²) in [7, 11) is 1.92. The predicted octanol–water partition coefficient (Wildman–Crippen LogP) is 2.82. The molecule has 3 aromatic rings. The highest BCUT2D eigenvalue weighted by Gasteiger charge is 2.23. The lowest BCUT2D eigenvalue weighted by atomic mass is 10.0. The topological polar surface area (TPSA) is 128 Å². The molecule has 4 N–H and O–H groups in total. The zero-order valence-electron chi connectivity index (χ0n) is 23.1. The maximum atomic E-state index is 10.8. The summed E-state index contributed by atoms with van der Waals surface area (Å²) >= 11 is 0. The Morgan fingerprint density at radius 2 is 1.95 bits per heavy atom. The number of anilines is 2. The van der Waals surface area contributed by atoms with Crippen molar-refractivity contribution in [1.82, 2.24) is 19.8 Å². The van der Waals surface area contributed by atoms with Crippen molar-refractivity contribution in [3.8, 4) is 11.8 Å². The van der Waals surface area contributed by atoms with Gasteiger partial charge in [-0.15, -0.1) is 0 Å². The van der Waals surface area contributed by atoms with E-state index in [-0.39, 0.29) is 24.3 Å². The van der Waals surface area contributed by atoms with Crippen LogP contribution < -0.4 is 15.4 Å². The largest absolute Gasteiger partial charge is 0.508 e. The quantitative estimate of drug-likeness (QED) is 0.335. The maximum Gasteiger partial charge on any atom is 0.318 e. The number of hydrogen-bond donors (Lipinski definition) is 3. The van der Waals surface area contributed by atoms with Crippen molar-refractivity contribution < 1.29 is 19.7 Å². The van der Waals surface area contributed by atoms with E-state index < -0.39 is 0 Å². The van der Waals surface area contributed by atoms with E-state index in [1.54, 1.807) is 17.0 Å². The fourth-order valence-electron chi connectivity index (χ4n) is 4.48. The molecule has 10 heteroatoms. The first-order valence-electron chi connectivity index (χ1n) is 13.3. The second-order valence-electron chi connectivity index (χ2n) is 9.26. The van der Waals surface area contributed by atoms with Gasteiger partial charge in [-0.25, -0.2) is 0 Å². The van der Waals surface area contributed by atoms with Gasteiger partial charge in [-0.3, -0.25) is 4.79 Å². The van der Waals surface area contributed by atoms with E-state index in [1.807, 2.05) is 44.0 Å². The summed E-state index contributed by atoms with van der Waals surface area (Å²) in [5, 5.41) is 21.3. The summed E-state index contributed by atoms with van der Waals surface area (Å²) in [5.41, 5.74) is 8.97. The van der Waals surface area contributed by atoms with Gasteiger partial charge in [0.15, 0.2) is 0 Å². The number of aliphatic hydroxyl groups excluding tert-OH is 1. The summed E-state index contributed by atoms with van der Waals surface area (Å²) in [5.74, 6) is 0.715. The van der Waals surface area contributed by atoms with Crippen molar-refractivity contribution in [1.29, 1.82) is 0 Å². The van der Waals surface area contributed by atoms with Crippen molar-refractivity contribution in [2.24, 2.45) is 0 Å². The SMILES string of the molecule is C=CC(=O)N(CC)CC.CN(CCO)CCOc1nc(N)c2c(n1)CN(c1cc(O)cc3ccccc13)CC2. The lowest BCUT2D eigenvalue weighted by Crippen LogP contribution is -2.32. The molecular formula is C29H40N6O4. The number of ether oxygens (including phenoxy) is 1. The molecule has 1 aliphatic heterocycles. The molecule has 2 aromatic carbocycles. The number of phenolic OH excluding ortho intramolecular Hbond substituents is 1. The van der Waals surface area contributed by atoms with Gasteiger partial charge in [-0.1, -0.05) is 30.8 Å². The monoisotopic (exact) mass is 536 g/mol. The Kier molecular flexibility index (Phi) is 10.9. The number of nitrogens with zero attached hydrogens (tertiary/aromatic N) is 5. The van der Waals surface area contributed by atoms with Crippen LogP contribution in [-0.2, 0) is 17.8 Å². The van der Waals surface area contributed by atoms with E-state index in [2.05, 4.69) is 27.5 Å². The average Bonchev–Trinajstić information content (AvgIpc) is 2.93. The van der Waals surface area contributed by atoms with Gasteiger partial charge in [0.1, 0.15) is 18.2 Å². The minimum atomic E-state index is 0.0139. The number of carbonyl (C=O) groups is 1. The van der Waals surface area contributed by atoms with E-state index >= 15 is 0 Å². The minimum Gasteiger partial charge on any atom is -0.508 e. The van der Waals surface area contributed by atoms with E-state index in [9.17, 15) is 9.90 Å². The first kappa shape index (κ1) is 29.7. The van der Waals surface area contributed by atoms with Crippen molar-refractivity contribution >= 4 is 28.2 Å². The van der Waals surface area contributed by atoms with Crippen molar-refractivity contribution in [3.63, 3.8) is 0 Å². The van der Waals surface area contributed by atoms with E-state index in [1.165, 1.54) is 6.08 Å². The Morgan fingerprint density at radius 3 is 2.62 bits per heavy atom. The van der Waals surface area contributed by atoms with Gasteiger partial charge in [0, 0.05) is 55.4 Å². The second-order valence-corrected chi connectivity index (χ2v) is 9.26. The van der Waals surface area contributed by atoms with Crippen LogP contribution in [0.15, 0.2) is 49.1 Å². The number of aromatic hydroxyl groups is 1. The molecule has 0 unspecified atom stereocenters. The first-order chi connectivity index (χ1) is 18.8. The summed E-state index contributed by atoms with van der Waals surface area (Å²) in [6, 6.07) is 11.9. The Hall–Kier alpha value is -3.89. The van der Waals surface area contributed by atoms with Crippen LogP contribution in [-0.4, -0.2) is 88.9 Å². The molecule has 0 saturated heterocycles. The molecule has 1 amide bonds. The minimum absolute atomic E-state index is 0.0139. The molecule has 210 valence electrons. The van der Waals surface area contributed by atoms with Gasteiger partial charge < -0.3 is 35.4 Å². The summed E-state index contributed by atoms with van der Waals surface area (Å²) < 4.78 is 5.72. The smallest absolute Gasteiger partial charge is 0.318 e. The number of amides is 1. The molecule has 0 radical (unpaired) electrons. The van der Waals surface area contributed by atoms with E-state index in [0.29, 0.717) is 32.1 Å². The molecule has 1 aliphatic rings. The molecule has 2 heterocycles. The highest BCUT2D eigenvalue weighted by Crippen LogP contribution is 2.35. The number of aromatic nitrogens is 2. The van der Waals surface area contributed by atoms with Crippen LogP contribution in [0.4, 0.5) is 11.5 Å². The highest BCUT2D eigenvalue weighted by atomic mass is 16.5. The zero-order chi connectivity index (χ0) is 28.4. The van der Waals surface area contributed by atoms with Gasteiger partial charge in [0.05, 0.1) is 18.8 Å². The van der Waals surface area contributed by atoms with E-state index in [0.717, 1.165) is 53.8 Å². The van der Waals surface area contributed by atoms with Crippen molar-refractivity contribution in [2.75, 3.05) is 63.6 Å². The van der Waals surface area contributed by atoms with Gasteiger partial charge in [-0.2, -0.15) is 9.97 Å². The van der Waals surface area contributed by atoms with Crippen LogP contribution in [0, 0.1) is 0 Å². The molecule has 0 spiro atoms. The molecule has 0 fully saturated rings. The number of rotatable bonds is 10. The fraction of sp³-hybridized carbons (Fsp3) is 0.414. The normalized spacial score (nSPS) is 12.5. The Bertz CT molecular complexity index is 1260. The van der Waals surface area contributed by atoms with Crippen LogP contribution in [0.3, 0.4) is 0 Å². The Labute approximate surface area is 230 Å². The molecule has 0 bridgehead atoms. The molecule has 0 atom stereocenters. The van der Waals surface area contributed by atoms with Crippen LogP contribution >= 0.6 is 0 Å². The van der Waals surface area contributed by atoms with Crippen molar-refractivity contribution in [2.45, 2.75) is 26.8 Å². The first-order valence-corrected chi connectivity index (χ1v) is 13.3. The fourth-order valence-corrected chi connectivity index (χ4v) is 4.48. The maximum absolute atomic E-state index is 10.8. The van der Waals surface area contributed by atoms with Gasteiger partial charge in [0.2, 0.25) is 5.91 Å². The Morgan fingerprint density at radius 1 is 1.21 bits per heavy atom. The third kappa shape index (κ3) is 7.81. The molecule has 1 aromatic heterocycles. The lowest BCUT2D eigenvalue weighted by Gasteiger charge is -2.31. The van der Waals surface area contributed by atoms with Crippen LogP contribution in [0.25, 0.3) is 10.8 Å². The van der Waals surface area contributed by atoms with Crippen molar-refractivity contribution in [3.05, 3.63) is 60.3 Å². The third-order valence-electron chi connectivity index (χ3n) is 6.68. The lowest BCUT2D eigenvalue weighted by molar-refractivity contribution is -0.125. The predicted molar refractivity (Wildman–Crippen MR) is 155 cm³/mol.